The first-order valence-electron chi connectivity index (χ1n) is 6.81. The van der Waals surface area contributed by atoms with E-state index in [9.17, 15) is 4.79 Å². The van der Waals surface area contributed by atoms with Gasteiger partial charge in [-0.25, -0.2) is 0 Å². The van der Waals surface area contributed by atoms with Crippen LogP contribution in [-0.2, 0) is 9.53 Å². The zero-order valence-electron chi connectivity index (χ0n) is 10.4. The number of rotatable bonds is 6. The second-order valence-corrected chi connectivity index (χ2v) is 5.37. The Morgan fingerprint density at radius 3 is 2.82 bits per heavy atom. The molecular weight excluding hydrogens is 218 g/mol. The number of aliphatic carboxylic acids is 1. The highest BCUT2D eigenvalue weighted by Crippen LogP contribution is 2.43. The van der Waals surface area contributed by atoms with E-state index in [1.807, 2.05) is 0 Å². The lowest BCUT2D eigenvalue weighted by molar-refractivity contribution is -0.137. The number of hydrogen-bond acceptors (Lipinski definition) is 3. The molecule has 0 amide bonds. The summed E-state index contributed by atoms with van der Waals surface area (Å²) in [7, 11) is 0. The predicted octanol–water partition coefficient (Wildman–Crippen LogP) is 1.93. The van der Waals surface area contributed by atoms with E-state index < -0.39 is 5.97 Å². The van der Waals surface area contributed by atoms with Crippen molar-refractivity contribution in [3.63, 3.8) is 0 Å². The van der Waals surface area contributed by atoms with Crippen LogP contribution in [0.4, 0.5) is 0 Å². The zero-order valence-corrected chi connectivity index (χ0v) is 10.4. The topological polar surface area (TPSA) is 58.6 Å². The van der Waals surface area contributed by atoms with Crippen molar-refractivity contribution in [2.24, 2.45) is 0 Å². The molecule has 4 nitrogen and oxygen atoms in total. The van der Waals surface area contributed by atoms with Crippen LogP contribution in [0.5, 0.6) is 0 Å². The van der Waals surface area contributed by atoms with E-state index in [-0.39, 0.29) is 12.0 Å². The monoisotopic (exact) mass is 241 g/mol. The Bertz CT molecular complexity index is 261. The molecule has 1 saturated carbocycles. The molecule has 2 rings (SSSR count). The van der Waals surface area contributed by atoms with Crippen molar-refractivity contribution in [1.82, 2.24) is 5.32 Å². The molecule has 0 aromatic rings. The molecule has 0 radical (unpaired) electrons. The number of carboxylic acid groups (broad SMARTS) is 1. The summed E-state index contributed by atoms with van der Waals surface area (Å²) >= 11 is 0. The van der Waals surface area contributed by atoms with Crippen LogP contribution in [0.1, 0.15) is 51.4 Å². The fourth-order valence-electron chi connectivity index (χ4n) is 3.05. The van der Waals surface area contributed by atoms with Gasteiger partial charge in [0.1, 0.15) is 0 Å². The molecule has 2 N–H and O–H groups in total. The Morgan fingerprint density at radius 1 is 1.35 bits per heavy atom. The molecule has 1 aliphatic carbocycles. The molecule has 1 aliphatic heterocycles. The summed E-state index contributed by atoms with van der Waals surface area (Å²) in [6.07, 6.45) is 8.79. The van der Waals surface area contributed by atoms with Gasteiger partial charge in [0.25, 0.3) is 0 Å². The van der Waals surface area contributed by atoms with Crippen molar-refractivity contribution < 1.29 is 14.6 Å². The molecule has 1 atom stereocenters. The van der Waals surface area contributed by atoms with E-state index in [0.29, 0.717) is 12.5 Å². The van der Waals surface area contributed by atoms with Gasteiger partial charge in [0.05, 0.1) is 11.7 Å². The maximum absolute atomic E-state index is 10.3. The van der Waals surface area contributed by atoms with Crippen LogP contribution in [-0.4, -0.2) is 35.9 Å². The van der Waals surface area contributed by atoms with Gasteiger partial charge in [-0.1, -0.05) is 12.8 Å². The molecule has 98 valence electrons. The number of ether oxygens (including phenoxy) is 1. The van der Waals surface area contributed by atoms with Gasteiger partial charge < -0.3 is 15.2 Å². The van der Waals surface area contributed by atoms with Gasteiger partial charge in [-0.15, -0.1) is 0 Å². The third-order valence-corrected chi connectivity index (χ3v) is 3.97. The highest BCUT2D eigenvalue weighted by molar-refractivity contribution is 5.66. The minimum Gasteiger partial charge on any atom is -0.481 e. The Balaban J connectivity index is 1.57. The predicted molar refractivity (Wildman–Crippen MR) is 65.0 cm³/mol. The van der Waals surface area contributed by atoms with E-state index in [1.165, 1.54) is 32.1 Å². The van der Waals surface area contributed by atoms with Crippen molar-refractivity contribution in [2.45, 2.75) is 63.1 Å². The molecule has 17 heavy (non-hydrogen) atoms. The van der Waals surface area contributed by atoms with Gasteiger partial charge in [-0.2, -0.15) is 0 Å². The maximum Gasteiger partial charge on any atom is 0.303 e. The highest BCUT2D eigenvalue weighted by atomic mass is 16.5. The van der Waals surface area contributed by atoms with Crippen molar-refractivity contribution in [3.05, 3.63) is 0 Å². The van der Waals surface area contributed by atoms with Gasteiger partial charge >= 0.3 is 5.97 Å². The summed E-state index contributed by atoms with van der Waals surface area (Å²) < 4.78 is 6.16. The van der Waals surface area contributed by atoms with Gasteiger partial charge in [0, 0.05) is 13.0 Å². The molecule has 2 aliphatic rings. The summed E-state index contributed by atoms with van der Waals surface area (Å²) in [5, 5.41) is 11.8. The summed E-state index contributed by atoms with van der Waals surface area (Å²) in [6.45, 7) is 1.65. The molecule has 0 aromatic carbocycles. The lowest BCUT2D eigenvalue weighted by atomic mass is 9.98. The first-order chi connectivity index (χ1) is 8.20. The normalized spacial score (nSPS) is 26.7. The molecule has 4 heteroatoms. The Labute approximate surface area is 103 Å². The number of carbonyl (C=O) groups is 1. The maximum atomic E-state index is 10.3. The second-order valence-electron chi connectivity index (χ2n) is 5.37. The second kappa shape index (κ2) is 5.83. The minimum absolute atomic E-state index is 0.216. The first-order valence-corrected chi connectivity index (χ1v) is 6.81. The number of hydrogen-bond donors (Lipinski definition) is 2. The minimum atomic E-state index is -0.714. The summed E-state index contributed by atoms with van der Waals surface area (Å²) in [5.74, 6) is -0.714. The molecule has 1 heterocycles. The molecule has 1 spiro atoms. The van der Waals surface area contributed by atoms with Gasteiger partial charge in [0.2, 0.25) is 0 Å². The molecule has 1 saturated heterocycles. The first kappa shape index (κ1) is 12.8. The quantitative estimate of drug-likeness (QED) is 0.698. The van der Waals surface area contributed by atoms with Crippen LogP contribution in [0.25, 0.3) is 0 Å². The SMILES string of the molecule is O=C(O)CCCNCC1CCC2(CCCC2)O1. The standard InChI is InChI=1S/C13H23NO3/c15-12(16)4-3-9-14-10-11-5-8-13(17-11)6-1-2-7-13/h11,14H,1-10H2,(H,15,16). The third kappa shape index (κ3) is 3.68. The highest BCUT2D eigenvalue weighted by Gasteiger charge is 2.41. The van der Waals surface area contributed by atoms with Gasteiger partial charge in [0.15, 0.2) is 0 Å². The van der Waals surface area contributed by atoms with E-state index in [2.05, 4.69) is 5.32 Å². The largest absolute Gasteiger partial charge is 0.481 e. The van der Waals surface area contributed by atoms with E-state index in [4.69, 9.17) is 9.84 Å². The van der Waals surface area contributed by atoms with Crippen LogP contribution < -0.4 is 5.32 Å². The number of nitrogens with one attached hydrogen (secondary N) is 1. The third-order valence-electron chi connectivity index (χ3n) is 3.97. The van der Waals surface area contributed by atoms with Crippen LogP contribution in [0.15, 0.2) is 0 Å². The summed E-state index contributed by atoms with van der Waals surface area (Å²) in [6, 6.07) is 0. The lowest BCUT2D eigenvalue weighted by Crippen LogP contribution is -2.31. The van der Waals surface area contributed by atoms with Crippen molar-refractivity contribution >= 4 is 5.97 Å². The fraction of sp³-hybridized carbons (Fsp3) is 0.923. The molecule has 0 aromatic heterocycles. The average Bonchev–Trinajstić information content (AvgIpc) is 2.89. The van der Waals surface area contributed by atoms with E-state index in [0.717, 1.165) is 19.5 Å². The van der Waals surface area contributed by atoms with Crippen LogP contribution in [0.2, 0.25) is 0 Å². The van der Waals surface area contributed by atoms with E-state index >= 15 is 0 Å². The number of carboxylic acids is 1. The van der Waals surface area contributed by atoms with Crippen molar-refractivity contribution in [1.29, 1.82) is 0 Å². The Morgan fingerprint density at radius 2 is 2.12 bits per heavy atom. The summed E-state index contributed by atoms with van der Waals surface area (Å²) in [5.41, 5.74) is 0.216. The lowest BCUT2D eigenvalue weighted by Gasteiger charge is -2.23. The molecular formula is C13H23NO3. The summed E-state index contributed by atoms with van der Waals surface area (Å²) in [4.78, 5) is 10.3. The van der Waals surface area contributed by atoms with Crippen LogP contribution in [0.3, 0.4) is 0 Å². The Hall–Kier alpha value is -0.610. The fourth-order valence-corrected chi connectivity index (χ4v) is 3.05. The molecule has 1 unspecified atom stereocenters. The molecule has 0 bridgehead atoms. The van der Waals surface area contributed by atoms with Crippen LogP contribution in [0, 0.1) is 0 Å². The zero-order chi connectivity index (χ0) is 12.1. The Kier molecular flexibility index (Phi) is 4.40. The van der Waals surface area contributed by atoms with Gasteiger partial charge in [-0.05, 0) is 38.6 Å². The van der Waals surface area contributed by atoms with Crippen LogP contribution >= 0.6 is 0 Å². The average molecular weight is 241 g/mol. The van der Waals surface area contributed by atoms with Crippen molar-refractivity contribution in [2.75, 3.05) is 13.1 Å². The molecule has 2 fully saturated rings. The smallest absolute Gasteiger partial charge is 0.303 e. The van der Waals surface area contributed by atoms with Crippen molar-refractivity contribution in [3.8, 4) is 0 Å². The van der Waals surface area contributed by atoms with E-state index in [1.54, 1.807) is 0 Å². The van der Waals surface area contributed by atoms with Gasteiger partial charge in [-0.3, -0.25) is 4.79 Å².